The van der Waals surface area contributed by atoms with Crippen molar-refractivity contribution in [2.75, 3.05) is 0 Å². The van der Waals surface area contributed by atoms with Gasteiger partial charge in [0.05, 0.1) is 6.04 Å². The van der Waals surface area contributed by atoms with E-state index in [1.54, 1.807) is 0 Å². The van der Waals surface area contributed by atoms with E-state index in [4.69, 9.17) is 5.73 Å². The van der Waals surface area contributed by atoms with E-state index in [2.05, 4.69) is 6.92 Å². The summed E-state index contributed by atoms with van der Waals surface area (Å²) in [4.78, 5) is 12.7. The fraction of sp³-hybridized carbons (Fsp3) is 0.389. The van der Waals surface area contributed by atoms with Crippen LogP contribution in [0.25, 0.3) is 0 Å². The molecule has 1 aromatic heterocycles. The molecule has 1 aliphatic rings. The Morgan fingerprint density at radius 3 is 2.62 bits per heavy atom. The first-order chi connectivity index (χ1) is 10.1. The lowest BCUT2D eigenvalue weighted by Gasteiger charge is -2.17. The Morgan fingerprint density at radius 1 is 1.24 bits per heavy atom. The number of aromatic nitrogens is 1. The van der Waals surface area contributed by atoms with Crippen molar-refractivity contribution in [3.63, 3.8) is 0 Å². The first-order valence-corrected chi connectivity index (χ1v) is 7.69. The fourth-order valence-corrected chi connectivity index (χ4v) is 3.25. The first-order valence-electron chi connectivity index (χ1n) is 7.69. The minimum absolute atomic E-state index is 0.0752. The second kappa shape index (κ2) is 5.49. The molecule has 110 valence electrons. The average Bonchev–Trinajstić information content (AvgIpc) is 2.95. The maximum Gasteiger partial charge on any atom is 0.255 e. The molecule has 1 aromatic carbocycles. The van der Waals surface area contributed by atoms with Crippen LogP contribution in [0.1, 0.15) is 47.3 Å². The highest BCUT2D eigenvalue weighted by Crippen LogP contribution is 2.25. The molecule has 3 heteroatoms. The number of hydrogen-bond acceptors (Lipinski definition) is 2. The van der Waals surface area contributed by atoms with E-state index in [1.165, 1.54) is 16.8 Å². The van der Waals surface area contributed by atoms with Gasteiger partial charge in [0.25, 0.3) is 5.56 Å². The fourth-order valence-electron chi connectivity index (χ4n) is 3.25. The van der Waals surface area contributed by atoms with Gasteiger partial charge in [-0.1, -0.05) is 29.8 Å². The van der Waals surface area contributed by atoms with Gasteiger partial charge < -0.3 is 10.3 Å². The third-order valence-electron chi connectivity index (χ3n) is 4.47. The molecular formula is C18H22N2O. The molecule has 1 heterocycles. The Hall–Kier alpha value is -1.87. The van der Waals surface area contributed by atoms with Crippen molar-refractivity contribution in [2.45, 2.75) is 45.7 Å². The molecule has 1 unspecified atom stereocenters. The van der Waals surface area contributed by atoms with Gasteiger partial charge in [-0.05, 0) is 50.3 Å². The van der Waals surface area contributed by atoms with Crippen LogP contribution in [0.2, 0.25) is 0 Å². The molecule has 0 bridgehead atoms. The largest absolute Gasteiger partial charge is 0.320 e. The molecule has 0 saturated heterocycles. The third kappa shape index (κ3) is 2.42. The number of nitrogens with zero attached hydrogens (tertiary/aromatic N) is 1. The predicted octanol–water partition coefficient (Wildman–Crippen LogP) is 2.71. The number of aryl methyl sites for hydroxylation is 2. The zero-order valence-corrected chi connectivity index (χ0v) is 12.7. The van der Waals surface area contributed by atoms with Crippen LogP contribution in [0, 0.1) is 6.92 Å². The molecule has 0 saturated carbocycles. The molecule has 0 radical (unpaired) electrons. The van der Waals surface area contributed by atoms with E-state index in [0.29, 0.717) is 0 Å². The van der Waals surface area contributed by atoms with Gasteiger partial charge in [-0.15, -0.1) is 0 Å². The Balaban J connectivity index is 2.10. The molecule has 3 rings (SSSR count). The molecule has 0 spiro atoms. The molecule has 21 heavy (non-hydrogen) atoms. The summed E-state index contributed by atoms with van der Waals surface area (Å²) in [5.41, 5.74) is 11.9. The molecule has 0 fully saturated rings. The minimum atomic E-state index is -0.346. The topological polar surface area (TPSA) is 48.0 Å². The van der Waals surface area contributed by atoms with Crippen molar-refractivity contribution in [3.8, 4) is 0 Å². The SMILES string of the molecule is CCn1c2c(cc(C(N)c3ccc(C)cc3)c1=O)CCC2. The minimum Gasteiger partial charge on any atom is -0.320 e. The van der Waals surface area contributed by atoms with Crippen LogP contribution in [-0.2, 0) is 19.4 Å². The van der Waals surface area contributed by atoms with Crippen LogP contribution >= 0.6 is 0 Å². The molecule has 1 atom stereocenters. The highest BCUT2D eigenvalue weighted by atomic mass is 16.1. The summed E-state index contributed by atoms with van der Waals surface area (Å²) in [6.07, 6.45) is 3.21. The van der Waals surface area contributed by atoms with Gasteiger partial charge in [0.15, 0.2) is 0 Å². The normalized spacial score (nSPS) is 15.0. The lowest BCUT2D eigenvalue weighted by atomic mass is 9.98. The van der Waals surface area contributed by atoms with Gasteiger partial charge in [0, 0.05) is 17.8 Å². The highest BCUT2D eigenvalue weighted by molar-refractivity contribution is 5.37. The second-order valence-electron chi connectivity index (χ2n) is 5.86. The maximum atomic E-state index is 12.7. The van der Waals surface area contributed by atoms with Crippen LogP contribution in [0.5, 0.6) is 0 Å². The van der Waals surface area contributed by atoms with E-state index in [0.717, 1.165) is 36.9 Å². The van der Waals surface area contributed by atoms with Crippen LogP contribution in [0.15, 0.2) is 35.1 Å². The summed E-state index contributed by atoms with van der Waals surface area (Å²) >= 11 is 0. The third-order valence-corrected chi connectivity index (χ3v) is 4.47. The van der Waals surface area contributed by atoms with E-state index >= 15 is 0 Å². The molecule has 2 N–H and O–H groups in total. The molecule has 1 aliphatic carbocycles. The van der Waals surface area contributed by atoms with E-state index < -0.39 is 0 Å². The lowest BCUT2D eigenvalue weighted by Crippen LogP contribution is -2.30. The van der Waals surface area contributed by atoms with E-state index in [9.17, 15) is 4.79 Å². The van der Waals surface area contributed by atoms with Crippen LogP contribution < -0.4 is 11.3 Å². The number of nitrogens with two attached hydrogens (primary N) is 1. The number of rotatable bonds is 3. The van der Waals surface area contributed by atoms with Crippen molar-refractivity contribution in [1.82, 2.24) is 4.57 Å². The van der Waals surface area contributed by atoms with Crippen LogP contribution in [0.3, 0.4) is 0 Å². The predicted molar refractivity (Wildman–Crippen MR) is 85.6 cm³/mol. The Bertz CT molecular complexity index is 713. The first kappa shape index (κ1) is 14.1. The number of pyridine rings is 1. The zero-order chi connectivity index (χ0) is 15.0. The lowest BCUT2D eigenvalue weighted by molar-refractivity contribution is 0.663. The van der Waals surface area contributed by atoms with E-state index in [1.807, 2.05) is 41.8 Å². The molecule has 2 aromatic rings. The van der Waals surface area contributed by atoms with Crippen molar-refractivity contribution in [1.29, 1.82) is 0 Å². The summed E-state index contributed by atoms with van der Waals surface area (Å²) in [7, 11) is 0. The summed E-state index contributed by atoms with van der Waals surface area (Å²) in [5.74, 6) is 0. The molecular weight excluding hydrogens is 260 g/mol. The van der Waals surface area contributed by atoms with Crippen LogP contribution in [-0.4, -0.2) is 4.57 Å². The zero-order valence-electron chi connectivity index (χ0n) is 12.7. The summed E-state index contributed by atoms with van der Waals surface area (Å²) in [5, 5.41) is 0. The van der Waals surface area contributed by atoms with Gasteiger partial charge in [0.2, 0.25) is 0 Å². The quantitative estimate of drug-likeness (QED) is 0.941. The smallest absolute Gasteiger partial charge is 0.255 e. The molecule has 0 amide bonds. The highest BCUT2D eigenvalue weighted by Gasteiger charge is 2.21. The van der Waals surface area contributed by atoms with E-state index in [-0.39, 0.29) is 11.6 Å². The van der Waals surface area contributed by atoms with Crippen molar-refractivity contribution < 1.29 is 0 Å². The second-order valence-corrected chi connectivity index (χ2v) is 5.86. The van der Waals surface area contributed by atoms with Gasteiger partial charge in [-0.25, -0.2) is 0 Å². The average molecular weight is 282 g/mol. The van der Waals surface area contributed by atoms with Gasteiger partial charge in [-0.3, -0.25) is 4.79 Å². The summed E-state index contributed by atoms with van der Waals surface area (Å²) in [6, 6.07) is 9.82. The van der Waals surface area contributed by atoms with Gasteiger partial charge in [0.1, 0.15) is 0 Å². The van der Waals surface area contributed by atoms with Crippen LogP contribution in [0.4, 0.5) is 0 Å². The summed E-state index contributed by atoms with van der Waals surface area (Å²) < 4.78 is 1.91. The van der Waals surface area contributed by atoms with Gasteiger partial charge in [-0.2, -0.15) is 0 Å². The standard InChI is InChI=1S/C18H22N2O/c1-3-20-16-6-4-5-14(16)11-15(18(20)21)17(19)13-9-7-12(2)8-10-13/h7-11,17H,3-6,19H2,1-2H3. The number of fused-ring (bicyclic) bond motifs is 1. The summed E-state index contributed by atoms with van der Waals surface area (Å²) in [6.45, 7) is 4.80. The van der Waals surface area contributed by atoms with Crippen molar-refractivity contribution in [2.24, 2.45) is 5.73 Å². The van der Waals surface area contributed by atoms with Crippen molar-refractivity contribution in [3.05, 3.63) is 68.6 Å². The monoisotopic (exact) mass is 282 g/mol. The number of hydrogen-bond donors (Lipinski definition) is 1. The Kier molecular flexibility index (Phi) is 3.68. The Morgan fingerprint density at radius 2 is 1.95 bits per heavy atom. The van der Waals surface area contributed by atoms with Crippen molar-refractivity contribution >= 4 is 0 Å². The number of benzene rings is 1. The maximum absolute atomic E-state index is 12.7. The molecule has 3 nitrogen and oxygen atoms in total. The van der Waals surface area contributed by atoms with Gasteiger partial charge >= 0.3 is 0 Å². The molecule has 0 aliphatic heterocycles. The Labute approximate surface area is 125 Å².